The Hall–Kier alpha value is -1.13. The number of nitrogens with zero attached hydrogens (tertiary/aromatic N) is 1. The number of carbonyl (C=O) groups excluding carboxylic acids is 1. The third-order valence-electron chi connectivity index (χ3n) is 3.24. The van der Waals surface area contributed by atoms with Gasteiger partial charge in [-0.2, -0.15) is 0 Å². The van der Waals surface area contributed by atoms with E-state index in [1.807, 2.05) is 6.20 Å². The van der Waals surface area contributed by atoms with Crippen LogP contribution in [0.25, 0.3) is 0 Å². The van der Waals surface area contributed by atoms with Crippen molar-refractivity contribution in [3.8, 4) is 0 Å². The Bertz CT molecular complexity index is 398. The van der Waals surface area contributed by atoms with Crippen LogP contribution in [0.15, 0.2) is 12.4 Å². The van der Waals surface area contributed by atoms with Crippen LogP contribution >= 0.6 is 0 Å². The molecule has 0 aliphatic heterocycles. The van der Waals surface area contributed by atoms with E-state index in [4.69, 9.17) is 9.47 Å². The van der Waals surface area contributed by atoms with Gasteiger partial charge in [-0.25, -0.2) is 0 Å². The van der Waals surface area contributed by atoms with Crippen LogP contribution < -0.4 is 0 Å². The second-order valence-corrected chi connectivity index (χ2v) is 4.67. The van der Waals surface area contributed by atoms with Gasteiger partial charge in [0.2, 0.25) is 0 Å². The van der Waals surface area contributed by atoms with Crippen molar-refractivity contribution in [3.05, 3.63) is 23.5 Å². The zero-order valence-electron chi connectivity index (χ0n) is 11.0. The van der Waals surface area contributed by atoms with Gasteiger partial charge in [0.15, 0.2) is 5.78 Å². The molecule has 0 saturated heterocycles. The first kappa shape index (κ1) is 13.3. The highest BCUT2D eigenvalue weighted by atomic mass is 16.5. The highest BCUT2D eigenvalue weighted by Gasteiger charge is 2.18. The molecule has 0 spiro atoms. The molecule has 4 heteroatoms. The number of ether oxygens (including phenoxy) is 2. The summed E-state index contributed by atoms with van der Waals surface area (Å²) in [5.41, 5.74) is 2.12. The van der Waals surface area contributed by atoms with Crippen LogP contribution in [0, 0.1) is 0 Å². The number of Topliss-reactive ketones (excluding diaryl/α,β-unsaturated/α-hetero) is 1. The third kappa shape index (κ3) is 3.43. The molecule has 0 bridgehead atoms. The summed E-state index contributed by atoms with van der Waals surface area (Å²) in [4.78, 5) is 11.7. The number of hydrogen-bond acceptors (Lipinski definition) is 3. The van der Waals surface area contributed by atoms with Gasteiger partial charge in [0, 0.05) is 51.2 Å². The Kier molecular flexibility index (Phi) is 4.96. The summed E-state index contributed by atoms with van der Waals surface area (Å²) in [7, 11) is 1.70. The number of carbonyl (C=O) groups is 1. The average Bonchev–Trinajstić information content (AvgIpc) is 2.78. The van der Waals surface area contributed by atoms with E-state index in [1.165, 1.54) is 5.56 Å². The molecule has 0 saturated carbocycles. The summed E-state index contributed by atoms with van der Waals surface area (Å²) >= 11 is 0. The van der Waals surface area contributed by atoms with Crippen LogP contribution in [-0.2, 0) is 22.4 Å². The van der Waals surface area contributed by atoms with Crippen molar-refractivity contribution in [2.24, 2.45) is 0 Å². The lowest BCUT2D eigenvalue weighted by atomic mass is 9.95. The summed E-state index contributed by atoms with van der Waals surface area (Å²) in [6.07, 6.45) is 7.70. The number of hydrogen-bond donors (Lipinski definition) is 0. The maximum Gasteiger partial charge on any atom is 0.164 e. The molecule has 18 heavy (non-hydrogen) atoms. The molecule has 0 atom stereocenters. The maximum absolute atomic E-state index is 11.7. The highest BCUT2D eigenvalue weighted by Crippen LogP contribution is 2.21. The molecule has 1 aliphatic rings. The van der Waals surface area contributed by atoms with Gasteiger partial charge in [-0.05, 0) is 24.8 Å². The van der Waals surface area contributed by atoms with Crippen molar-refractivity contribution < 1.29 is 14.3 Å². The van der Waals surface area contributed by atoms with E-state index in [9.17, 15) is 4.79 Å². The van der Waals surface area contributed by atoms with E-state index in [1.54, 1.807) is 7.11 Å². The predicted molar refractivity (Wildman–Crippen MR) is 69.0 cm³/mol. The predicted octanol–water partition coefficient (Wildman–Crippen LogP) is 2.06. The second kappa shape index (κ2) is 6.71. The maximum atomic E-state index is 11.7. The zero-order chi connectivity index (χ0) is 12.8. The molecule has 1 heterocycles. The van der Waals surface area contributed by atoms with Crippen LogP contribution in [0.5, 0.6) is 0 Å². The molecule has 4 nitrogen and oxygen atoms in total. The fraction of sp³-hybridized carbons (Fsp3) is 0.643. The molecule has 0 aromatic carbocycles. The van der Waals surface area contributed by atoms with Gasteiger partial charge in [0.05, 0.1) is 6.61 Å². The lowest BCUT2D eigenvalue weighted by Crippen LogP contribution is -2.07. The standard InChI is InChI=1S/C14H21NO3/c1-17-7-3-8-18-9-6-15-10-12-4-2-5-14(16)13(12)11-15/h10-11H,2-9H2,1H3. The second-order valence-electron chi connectivity index (χ2n) is 4.67. The molecule has 0 amide bonds. The number of ketones is 1. The lowest BCUT2D eigenvalue weighted by Gasteiger charge is -2.07. The summed E-state index contributed by atoms with van der Waals surface area (Å²) < 4.78 is 12.5. The molecule has 1 aromatic rings. The molecule has 1 aliphatic carbocycles. The first-order chi connectivity index (χ1) is 8.81. The Labute approximate surface area is 108 Å². The van der Waals surface area contributed by atoms with Crippen molar-refractivity contribution >= 4 is 5.78 Å². The Morgan fingerprint density at radius 1 is 1.22 bits per heavy atom. The summed E-state index contributed by atoms with van der Waals surface area (Å²) in [6.45, 7) is 2.97. The largest absolute Gasteiger partial charge is 0.385 e. The monoisotopic (exact) mass is 251 g/mol. The Morgan fingerprint density at radius 3 is 2.89 bits per heavy atom. The van der Waals surface area contributed by atoms with Gasteiger partial charge in [-0.15, -0.1) is 0 Å². The van der Waals surface area contributed by atoms with Gasteiger partial charge in [0.25, 0.3) is 0 Å². The molecule has 0 radical (unpaired) electrons. The Morgan fingerprint density at radius 2 is 2.11 bits per heavy atom. The van der Waals surface area contributed by atoms with Crippen molar-refractivity contribution in [3.63, 3.8) is 0 Å². The smallest absolute Gasteiger partial charge is 0.164 e. The number of methoxy groups -OCH3 is 1. The van der Waals surface area contributed by atoms with Crippen molar-refractivity contribution in [1.82, 2.24) is 4.57 Å². The van der Waals surface area contributed by atoms with Crippen LogP contribution in [0.3, 0.4) is 0 Å². The van der Waals surface area contributed by atoms with E-state index in [-0.39, 0.29) is 5.78 Å². The van der Waals surface area contributed by atoms with Crippen molar-refractivity contribution in [2.45, 2.75) is 32.2 Å². The van der Waals surface area contributed by atoms with E-state index in [0.717, 1.165) is 44.6 Å². The van der Waals surface area contributed by atoms with Gasteiger partial charge >= 0.3 is 0 Å². The number of aryl methyl sites for hydroxylation is 1. The SMILES string of the molecule is COCCCOCCn1cc2c(c1)C(=O)CCC2. The first-order valence-electron chi connectivity index (χ1n) is 6.60. The van der Waals surface area contributed by atoms with Crippen molar-refractivity contribution in [1.29, 1.82) is 0 Å². The van der Waals surface area contributed by atoms with Gasteiger partial charge < -0.3 is 14.0 Å². The number of aromatic nitrogens is 1. The molecular formula is C14H21NO3. The summed E-state index contributed by atoms with van der Waals surface area (Å²) in [5.74, 6) is 0.288. The normalized spacial score (nSPS) is 14.8. The molecule has 100 valence electrons. The minimum Gasteiger partial charge on any atom is -0.385 e. The molecular weight excluding hydrogens is 230 g/mol. The van der Waals surface area contributed by atoms with Gasteiger partial charge in [-0.3, -0.25) is 4.79 Å². The van der Waals surface area contributed by atoms with Gasteiger partial charge in [-0.1, -0.05) is 0 Å². The molecule has 0 fully saturated rings. The van der Waals surface area contributed by atoms with Crippen LogP contribution in [0.4, 0.5) is 0 Å². The minimum atomic E-state index is 0.288. The quantitative estimate of drug-likeness (QED) is 0.696. The molecule has 0 unspecified atom stereocenters. The molecule has 0 N–H and O–H groups in total. The van der Waals surface area contributed by atoms with Gasteiger partial charge in [0.1, 0.15) is 0 Å². The zero-order valence-corrected chi connectivity index (χ0v) is 11.0. The van der Waals surface area contributed by atoms with E-state index >= 15 is 0 Å². The first-order valence-corrected chi connectivity index (χ1v) is 6.60. The third-order valence-corrected chi connectivity index (χ3v) is 3.24. The highest BCUT2D eigenvalue weighted by molar-refractivity contribution is 5.98. The Balaban J connectivity index is 1.75. The average molecular weight is 251 g/mol. The fourth-order valence-electron chi connectivity index (χ4n) is 2.29. The lowest BCUT2D eigenvalue weighted by molar-refractivity contribution is 0.0964. The molecule has 1 aromatic heterocycles. The van der Waals surface area contributed by atoms with Crippen LogP contribution in [0.2, 0.25) is 0 Å². The minimum absolute atomic E-state index is 0.288. The topological polar surface area (TPSA) is 40.5 Å². The number of rotatable bonds is 7. The number of fused-ring (bicyclic) bond motifs is 1. The summed E-state index contributed by atoms with van der Waals surface area (Å²) in [5, 5.41) is 0. The van der Waals surface area contributed by atoms with E-state index in [2.05, 4.69) is 10.8 Å². The van der Waals surface area contributed by atoms with E-state index in [0.29, 0.717) is 13.0 Å². The van der Waals surface area contributed by atoms with Crippen LogP contribution in [0.1, 0.15) is 35.2 Å². The van der Waals surface area contributed by atoms with Crippen LogP contribution in [-0.4, -0.2) is 37.3 Å². The molecule has 2 rings (SSSR count). The summed E-state index contributed by atoms with van der Waals surface area (Å²) in [6, 6.07) is 0. The van der Waals surface area contributed by atoms with Crippen molar-refractivity contribution in [2.75, 3.05) is 26.9 Å². The fourth-order valence-corrected chi connectivity index (χ4v) is 2.29. The van der Waals surface area contributed by atoms with E-state index < -0.39 is 0 Å².